The summed E-state index contributed by atoms with van der Waals surface area (Å²) in [6, 6.07) is 5.62. The molecule has 1 N–H and O–H groups in total. The van der Waals surface area contributed by atoms with Gasteiger partial charge in [0, 0.05) is 22.6 Å². The maximum atomic E-state index is 10.9. The summed E-state index contributed by atoms with van der Waals surface area (Å²) in [5.41, 5.74) is 0.852. The molecule has 130 valence electrons. The zero-order valence-electron chi connectivity index (χ0n) is 13.8. The maximum absolute atomic E-state index is 10.9. The predicted octanol–water partition coefficient (Wildman–Crippen LogP) is 4.73. The average molecular weight is 371 g/mol. The van der Waals surface area contributed by atoms with E-state index in [2.05, 4.69) is 30.7 Å². The molecule has 0 amide bonds. The number of rotatable bonds is 7. The van der Waals surface area contributed by atoms with E-state index < -0.39 is 5.97 Å². The maximum Gasteiger partial charge on any atom is 0.357 e. The Labute approximate surface area is 151 Å². The molecule has 2 aromatic rings. The van der Waals surface area contributed by atoms with Gasteiger partial charge in [-0.2, -0.15) is 0 Å². The van der Waals surface area contributed by atoms with Gasteiger partial charge in [0.15, 0.2) is 5.69 Å². The van der Waals surface area contributed by atoms with Gasteiger partial charge in [0.25, 0.3) is 0 Å². The molecule has 0 aliphatic carbocycles. The van der Waals surface area contributed by atoms with Crippen molar-refractivity contribution in [2.45, 2.75) is 39.9 Å². The van der Waals surface area contributed by atoms with Crippen molar-refractivity contribution in [2.75, 3.05) is 0 Å². The van der Waals surface area contributed by atoms with Crippen molar-refractivity contribution in [3.8, 4) is 0 Å². The van der Waals surface area contributed by atoms with Crippen molar-refractivity contribution in [1.29, 1.82) is 0 Å². The molecule has 0 spiro atoms. The molecule has 0 fully saturated rings. The van der Waals surface area contributed by atoms with Gasteiger partial charge < -0.3 is 9.52 Å². The number of carboxylic acids is 1. The van der Waals surface area contributed by atoms with Crippen LogP contribution in [-0.2, 0) is 13.1 Å². The van der Waals surface area contributed by atoms with Crippen molar-refractivity contribution >= 4 is 29.2 Å². The quantitative estimate of drug-likeness (QED) is 0.762. The molecule has 7 heteroatoms. The van der Waals surface area contributed by atoms with Gasteiger partial charge in [0.2, 0.25) is 5.89 Å². The van der Waals surface area contributed by atoms with Crippen LogP contribution in [0.15, 0.2) is 28.9 Å². The van der Waals surface area contributed by atoms with Gasteiger partial charge in [-0.15, -0.1) is 0 Å². The van der Waals surface area contributed by atoms with Crippen LogP contribution in [0.4, 0.5) is 0 Å². The third-order valence-corrected chi connectivity index (χ3v) is 4.63. The van der Waals surface area contributed by atoms with E-state index in [0.717, 1.165) is 11.8 Å². The van der Waals surface area contributed by atoms with E-state index in [1.165, 1.54) is 0 Å². The molecular weight excluding hydrogens is 351 g/mol. The molecule has 1 heterocycles. The summed E-state index contributed by atoms with van der Waals surface area (Å²) in [6.45, 7) is 7.33. The summed E-state index contributed by atoms with van der Waals surface area (Å²) in [7, 11) is 0. The number of hydrogen-bond donors (Lipinski definition) is 1. The number of aromatic nitrogens is 1. The van der Waals surface area contributed by atoms with Crippen LogP contribution < -0.4 is 0 Å². The lowest BCUT2D eigenvalue weighted by Crippen LogP contribution is -2.36. The van der Waals surface area contributed by atoms with Crippen LogP contribution >= 0.6 is 23.2 Å². The standard InChI is InChI=1S/C17H20Cl2N2O3/c1-10(2)11(3)21(7-12-4-5-13(18)6-14(12)19)8-16-20-15(9-24-16)17(22)23/h4-6,9-11H,7-8H2,1-3H3,(H,22,23). The summed E-state index contributed by atoms with van der Waals surface area (Å²) >= 11 is 12.2. The lowest BCUT2D eigenvalue weighted by molar-refractivity contribution is 0.0690. The first-order valence-electron chi connectivity index (χ1n) is 7.63. The third kappa shape index (κ3) is 4.72. The van der Waals surface area contributed by atoms with Crippen molar-refractivity contribution in [3.63, 3.8) is 0 Å². The van der Waals surface area contributed by atoms with E-state index in [4.69, 9.17) is 32.7 Å². The first kappa shape index (κ1) is 18.8. The van der Waals surface area contributed by atoms with Crippen molar-refractivity contribution in [3.05, 3.63) is 51.7 Å². The van der Waals surface area contributed by atoms with Crippen LogP contribution in [0.25, 0.3) is 0 Å². The number of carbonyl (C=O) groups is 1. The van der Waals surface area contributed by atoms with Gasteiger partial charge in [-0.3, -0.25) is 4.90 Å². The second-order valence-electron chi connectivity index (χ2n) is 6.06. The summed E-state index contributed by atoms with van der Waals surface area (Å²) in [4.78, 5) is 17.1. The van der Waals surface area contributed by atoms with Gasteiger partial charge >= 0.3 is 5.97 Å². The molecule has 0 bridgehead atoms. The number of halogens is 2. The van der Waals surface area contributed by atoms with Crippen LogP contribution in [0, 0.1) is 5.92 Å². The van der Waals surface area contributed by atoms with Crippen molar-refractivity contribution in [1.82, 2.24) is 9.88 Å². The van der Waals surface area contributed by atoms with E-state index in [0.29, 0.717) is 34.9 Å². The molecule has 0 aliphatic heterocycles. The molecule has 1 aromatic carbocycles. The zero-order chi connectivity index (χ0) is 17.9. The number of aromatic carboxylic acids is 1. The zero-order valence-corrected chi connectivity index (χ0v) is 15.3. The Kier molecular flexibility index (Phi) is 6.27. The topological polar surface area (TPSA) is 66.6 Å². The summed E-state index contributed by atoms with van der Waals surface area (Å²) < 4.78 is 5.29. The van der Waals surface area contributed by atoms with Crippen LogP contribution in [0.2, 0.25) is 10.0 Å². The average Bonchev–Trinajstić information content (AvgIpc) is 2.97. The molecular formula is C17H20Cl2N2O3. The van der Waals surface area contributed by atoms with E-state index in [-0.39, 0.29) is 11.7 Å². The Balaban J connectivity index is 2.22. The van der Waals surface area contributed by atoms with E-state index in [1.54, 1.807) is 12.1 Å². The highest BCUT2D eigenvalue weighted by Crippen LogP contribution is 2.25. The molecule has 24 heavy (non-hydrogen) atoms. The van der Waals surface area contributed by atoms with Gasteiger partial charge in [0.05, 0.1) is 6.54 Å². The summed E-state index contributed by atoms with van der Waals surface area (Å²) in [5, 5.41) is 10.1. The monoisotopic (exact) mass is 370 g/mol. The fourth-order valence-corrected chi connectivity index (χ4v) is 2.76. The fraction of sp³-hybridized carbons (Fsp3) is 0.412. The van der Waals surface area contributed by atoms with Crippen LogP contribution in [0.5, 0.6) is 0 Å². The summed E-state index contributed by atoms with van der Waals surface area (Å²) in [6.07, 6.45) is 1.16. The highest BCUT2D eigenvalue weighted by atomic mass is 35.5. The molecule has 1 atom stereocenters. The molecule has 0 saturated carbocycles. The van der Waals surface area contributed by atoms with Gasteiger partial charge in [-0.25, -0.2) is 9.78 Å². The van der Waals surface area contributed by atoms with Crippen LogP contribution in [0.1, 0.15) is 42.7 Å². The highest BCUT2D eigenvalue weighted by Gasteiger charge is 2.21. The third-order valence-electron chi connectivity index (χ3n) is 4.04. The number of nitrogens with zero attached hydrogens (tertiary/aromatic N) is 2. The Hall–Kier alpha value is -1.56. The lowest BCUT2D eigenvalue weighted by atomic mass is 10.0. The molecule has 0 aliphatic rings. The van der Waals surface area contributed by atoms with Gasteiger partial charge in [0.1, 0.15) is 6.26 Å². The molecule has 0 saturated heterocycles. The number of carboxylic acid groups (broad SMARTS) is 1. The molecule has 0 radical (unpaired) electrons. The van der Waals surface area contributed by atoms with Crippen molar-refractivity contribution in [2.24, 2.45) is 5.92 Å². The highest BCUT2D eigenvalue weighted by molar-refractivity contribution is 6.35. The van der Waals surface area contributed by atoms with Gasteiger partial charge in [-0.05, 0) is 30.5 Å². The minimum absolute atomic E-state index is 0.0910. The van der Waals surface area contributed by atoms with Crippen LogP contribution in [-0.4, -0.2) is 27.0 Å². The van der Waals surface area contributed by atoms with Crippen molar-refractivity contribution < 1.29 is 14.3 Å². The fourth-order valence-electron chi connectivity index (χ4n) is 2.29. The Bertz CT molecular complexity index is 716. The van der Waals surface area contributed by atoms with E-state index in [1.807, 2.05) is 6.07 Å². The first-order chi connectivity index (χ1) is 11.3. The minimum atomic E-state index is -1.10. The molecule has 5 nitrogen and oxygen atoms in total. The van der Waals surface area contributed by atoms with E-state index >= 15 is 0 Å². The van der Waals surface area contributed by atoms with E-state index in [9.17, 15) is 4.79 Å². The molecule has 1 unspecified atom stereocenters. The lowest BCUT2D eigenvalue weighted by Gasteiger charge is -2.31. The van der Waals surface area contributed by atoms with Gasteiger partial charge in [-0.1, -0.05) is 43.1 Å². The number of benzene rings is 1. The second-order valence-corrected chi connectivity index (χ2v) is 6.90. The molecule has 2 rings (SSSR count). The van der Waals surface area contributed by atoms with Crippen LogP contribution in [0.3, 0.4) is 0 Å². The predicted molar refractivity (Wildman–Crippen MR) is 93.5 cm³/mol. The minimum Gasteiger partial charge on any atom is -0.476 e. The number of hydrogen-bond acceptors (Lipinski definition) is 4. The SMILES string of the molecule is CC(C)C(C)N(Cc1nc(C(=O)O)co1)Cc1ccc(Cl)cc1Cl. The Morgan fingerprint density at radius 3 is 2.54 bits per heavy atom. The largest absolute Gasteiger partial charge is 0.476 e. The number of oxazole rings is 1. The Morgan fingerprint density at radius 1 is 1.29 bits per heavy atom. The smallest absolute Gasteiger partial charge is 0.357 e. The molecule has 1 aromatic heterocycles. The normalized spacial score (nSPS) is 12.8. The first-order valence-corrected chi connectivity index (χ1v) is 8.39. The Morgan fingerprint density at radius 2 is 2.00 bits per heavy atom. The second kappa shape index (κ2) is 8.01. The summed E-state index contributed by atoms with van der Waals surface area (Å²) in [5.74, 6) is -0.343.